The summed E-state index contributed by atoms with van der Waals surface area (Å²) in [5.41, 5.74) is 18.9. The number of aromatic carboxylic acids is 1. The zero-order chi connectivity index (χ0) is 83.7. The average Bonchev–Trinajstić information content (AvgIpc) is 1.57. The first-order valence-corrected chi connectivity index (χ1v) is 39.0. The van der Waals surface area contributed by atoms with E-state index in [0.29, 0.717) is 152 Å². The van der Waals surface area contributed by atoms with Crippen molar-refractivity contribution in [1.29, 1.82) is 0 Å². The molecule has 35 heteroatoms. The van der Waals surface area contributed by atoms with Crippen LogP contribution < -0.4 is 16.8 Å². The van der Waals surface area contributed by atoms with Crippen molar-refractivity contribution in [2.24, 2.45) is 5.92 Å². The zero-order valence-electron chi connectivity index (χ0n) is 66.0. The van der Waals surface area contributed by atoms with Crippen LogP contribution in [-0.2, 0) is 0 Å². The van der Waals surface area contributed by atoms with Crippen LogP contribution in [0.4, 0.5) is 31.1 Å². The van der Waals surface area contributed by atoms with E-state index in [1.165, 1.54) is 0 Å². The molecule has 0 aliphatic carbocycles. The number of carboxylic acid groups (broad SMARTS) is 1. The van der Waals surface area contributed by atoms with Gasteiger partial charge in [-0.15, -0.1) is 0 Å². The van der Waals surface area contributed by atoms with Gasteiger partial charge >= 0.3 is 18.0 Å². The minimum atomic E-state index is -1.20. The minimum Gasteiger partial charge on any atom is -0.478 e. The van der Waals surface area contributed by atoms with E-state index >= 15 is 0 Å². The molecule has 4 fully saturated rings. The van der Waals surface area contributed by atoms with Crippen molar-refractivity contribution < 1.29 is 51.3 Å². The number of piperidine rings is 3. The number of anilines is 3. The summed E-state index contributed by atoms with van der Waals surface area (Å²) in [6.07, 6.45) is 28.8. The first-order chi connectivity index (χ1) is 57.7. The molecule has 15 aromatic rings. The lowest BCUT2D eigenvalue weighted by Crippen LogP contribution is -2.43. The highest BCUT2D eigenvalue weighted by molar-refractivity contribution is 6.00. The number of carbonyl (C=O) groups is 5. The number of pyridine rings is 7. The van der Waals surface area contributed by atoms with Gasteiger partial charge < -0.3 is 60.1 Å². The number of carboxylic acids is 1. The highest BCUT2D eigenvalue weighted by Gasteiger charge is 2.36. The lowest BCUT2D eigenvalue weighted by atomic mass is 9.95. The van der Waals surface area contributed by atoms with E-state index < -0.39 is 23.0 Å². The molecule has 4 aliphatic heterocycles. The Balaban J connectivity index is 0.000000119. The van der Waals surface area contributed by atoms with Crippen molar-refractivity contribution in [2.75, 3.05) is 76.2 Å². The van der Waals surface area contributed by atoms with Crippen LogP contribution in [0.2, 0.25) is 0 Å². The summed E-state index contributed by atoms with van der Waals surface area (Å²) in [7, 11) is 1.70. The maximum Gasteiger partial charge on any atom is 0.335 e. The van der Waals surface area contributed by atoms with E-state index in [1.807, 2.05) is 115 Å². The number of rotatable bonds is 13. The normalized spacial score (nSPS) is 16.1. The quantitative estimate of drug-likeness (QED) is 0.0715. The van der Waals surface area contributed by atoms with Gasteiger partial charge in [-0.2, -0.15) is 9.97 Å². The number of nitrogens with two attached hydrogens (primary N) is 2. The Morgan fingerprint density at radius 3 is 1.18 bits per heavy atom. The topological polar surface area (TPSA) is 399 Å². The number of nitrogens with one attached hydrogen (secondary N) is 2. The number of nitrogen functional groups attached to an aromatic ring is 2. The summed E-state index contributed by atoms with van der Waals surface area (Å²) in [5, 5.41) is 22.9. The summed E-state index contributed by atoms with van der Waals surface area (Å²) in [6, 6.07) is 27.5. The van der Waals surface area contributed by atoms with Gasteiger partial charge in [0.2, 0.25) is 11.6 Å². The number of hydrogen-bond donors (Lipinski definition) is 5. The molecule has 0 unspecified atom stereocenters. The number of aromatic amines is 1. The maximum atomic E-state index is 14.1. The minimum absolute atomic E-state index is 0.0180. The summed E-state index contributed by atoms with van der Waals surface area (Å²) in [4.78, 5) is 115. The smallest absolute Gasteiger partial charge is 0.335 e. The van der Waals surface area contributed by atoms with Gasteiger partial charge in [0.15, 0.2) is 5.95 Å². The van der Waals surface area contributed by atoms with E-state index in [9.17, 15) is 37.1 Å². The Morgan fingerprint density at radius 2 is 0.825 bits per heavy atom. The molecule has 612 valence electrons. The molecule has 4 aliphatic rings. The fourth-order valence-electron chi connectivity index (χ4n) is 14.9. The second-order valence-corrected chi connectivity index (χ2v) is 31.0. The lowest BCUT2D eigenvalue weighted by molar-refractivity contribution is 0.0493. The van der Waals surface area contributed by atoms with Gasteiger partial charge in [0, 0.05) is 171 Å². The monoisotopic (exact) mass is 1620 g/mol. The molecular weight excluding hydrogens is 1540 g/mol. The van der Waals surface area contributed by atoms with E-state index in [4.69, 9.17) is 25.6 Å². The molecule has 4 amide bonds. The van der Waals surface area contributed by atoms with E-state index in [1.54, 1.807) is 135 Å². The number of nitrogens with zero attached hydrogens (tertiary/aromatic N) is 20. The molecule has 18 heterocycles. The number of alkyl halides is 3. The van der Waals surface area contributed by atoms with Crippen molar-refractivity contribution in [3.05, 3.63) is 212 Å². The standard InChI is InChI=1S/C22H22FN7O2.C22H22FN7O.C21H20FN7O2.C20H19N3O3/c1-22(23)4-7-29(8-5-22)20(31)16-9-14-3-6-30(19(14)26-12-16)17-10-15(11-25-13-17)18-27-21(24-2)32-28-18;1-22(23)3-6-29(7-4-22)20(31)16-8-14-2-5-30(19(14)26-11-16)17-9-15(10-25-12-17)18-13-27-21(24)28-18;1-21(22)3-6-28(7-4-21)19(30)15-8-13-2-5-29(18(13)25-11-15)16-9-14(10-24-12-16)17-26-20(23)31-27-17;1-13-6-8-22(12-13)19(24)16-10-15-7-9-23(18(15)21-11-16)17-4-2-14(3-5-17)20(25)26/h3,6,9-13H,4-5,7-8H2,1-2H3,(H,24,27,28);2,5,8-13H,3-4,6-7H2,1H3,(H3,24,27,28);2,5,8-12H,3-4,6-7H2,1H3,(H2,23,26,27);2-5,7,9-11,13H,6,8,12H2,1H3,(H,25,26)/t;;;13-/m...1/s1. The highest BCUT2D eigenvalue weighted by Crippen LogP contribution is 2.34. The zero-order valence-corrected chi connectivity index (χ0v) is 66.0. The maximum absolute atomic E-state index is 14.1. The number of fused-ring (bicyclic) bond motifs is 4. The average molecular weight is 1630 g/mol. The predicted octanol–water partition coefficient (Wildman–Crippen LogP) is 13.1. The number of halogens is 3. The number of imidazole rings is 1. The summed E-state index contributed by atoms with van der Waals surface area (Å²) >= 11 is 0. The first kappa shape index (κ1) is 79.3. The van der Waals surface area contributed by atoms with Gasteiger partial charge in [0.05, 0.1) is 75.4 Å². The highest BCUT2D eigenvalue weighted by atomic mass is 19.2. The predicted molar refractivity (Wildman–Crippen MR) is 441 cm³/mol. The molecule has 0 saturated carbocycles. The lowest BCUT2D eigenvalue weighted by Gasteiger charge is -2.34. The molecule has 4 saturated heterocycles. The van der Waals surface area contributed by atoms with Gasteiger partial charge in [0.25, 0.3) is 23.6 Å². The van der Waals surface area contributed by atoms with Crippen LogP contribution in [-0.4, -0.2) is 214 Å². The molecule has 19 rings (SSSR count). The Hall–Kier alpha value is -14.5. The molecule has 1 atom stereocenters. The molecule has 1 aromatic carbocycles. The molecule has 0 spiro atoms. The SMILES string of the molecule is CC1(F)CCN(C(=O)c2cnc3c(ccn3-c3cncc(-c4cnc(N)[nH]4)c3)c2)CC1.CC1(F)CCN(C(=O)c2cnc3c(ccn3-c3cncc(-c4noc(N)n4)c3)c2)CC1.CNc1nc(-c2cncc(-n3ccc4cc(C(=O)N5CCC(C)(F)CC5)cnc43)c2)no1.C[C@@H]1CCN(C(=O)c2cnc3c(ccn3-c3ccc(C(=O)O)cc3)c2)C1. The van der Waals surface area contributed by atoms with Gasteiger partial charge in [0.1, 0.15) is 39.6 Å². The van der Waals surface area contributed by atoms with Gasteiger partial charge in [-0.05, 0) is 163 Å². The number of likely N-dealkylation sites (tertiary alicyclic amines) is 4. The van der Waals surface area contributed by atoms with Crippen LogP contribution in [0.25, 0.3) is 101 Å². The Kier molecular flexibility index (Phi) is 21.7. The van der Waals surface area contributed by atoms with Crippen LogP contribution in [0.5, 0.6) is 0 Å². The molecule has 120 heavy (non-hydrogen) atoms. The van der Waals surface area contributed by atoms with Crippen LogP contribution in [0.3, 0.4) is 0 Å². The molecular formula is C85H83F3N24O8. The van der Waals surface area contributed by atoms with E-state index in [0.717, 1.165) is 86.4 Å². The largest absolute Gasteiger partial charge is 0.478 e. The third kappa shape index (κ3) is 17.2. The molecule has 14 aromatic heterocycles. The third-order valence-corrected chi connectivity index (χ3v) is 22.0. The van der Waals surface area contributed by atoms with Crippen molar-refractivity contribution in [1.82, 2.24) is 103 Å². The van der Waals surface area contributed by atoms with Crippen LogP contribution in [0.15, 0.2) is 193 Å². The van der Waals surface area contributed by atoms with Crippen LogP contribution >= 0.6 is 0 Å². The number of hydrogen-bond acceptors (Lipinski definition) is 22. The molecule has 32 nitrogen and oxygen atoms in total. The van der Waals surface area contributed by atoms with Crippen LogP contribution in [0, 0.1) is 5.92 Å². The summed E-state index contributed by atoms with van der Waals surface area (Å²) in [6.45, 7) is 11.0. The number of H-pyrrole nitrogens is 1. The third-order valence-electron chi connectivity index (χ3n) is 22.0. The number of aromatic nitrogens is 17. The Labute approximate surface area is 683 Å². The number of amides is 4. The van der Waals surface area contributed by atoms with E-state index in [-0.39, 0.29) is 35.2 Å². The van der Waals surface area contributed by atoms with Crippen molar-refractivity contribution in [2.45, 2.75) is 89.6 Å². The van der Waals surface area contributed by atoms with Gasteiger partial charge in [-0.25, -0.2) is 42.9 Å². The van der Waals surface area contributed by atoms with Gasteiger partial charge in [-0.3, -0.25) is 47.8 Å². The van der Waals surface area contributed by atoms with Crippen molar-refractivity contribution in [3.8, 4) is 56.8 Å². The van der Waals surface area contributed by atoms with Crippen molar-refractivity contribution in [3.63, 3.8) is 0 Å². The van der Waals surface area contributed by atoms with Crippen LogP contribution in [0.1, 0.15) is 124 Å². The molecule has 0 radical (unpaired) electrons. The van der Waals surface area contributed by atoms with E-state index in [2.05, 4.69) is 77.4 Å². The summed E-state index contributed by atoms with van der Waals surface area (Å²) in [5.74, 6) is 0.370. The fourth-order valence-corrected chi connectivity index (χ4v) is 14.9. The number of benzene rings is 1. The molecule has 0 bridgehead atoms. The van der Waals surface area contributed by atoms with Gasteiger partial charge in [-0.1, -0.05) is 17.2 Å². The fraction of sp³-hybridized carbons (Fsp3) is 0.282. The Bertz CT molecular complexity index is 6130. The Morgan fingerprint density at radius 1 is 0.450 bits per heavy atom. The number of carbonyl (C=O) groups excluding carboxylic acids is 4. The summed E-state index contributed by atoms with van der Waals surface area (Å²) < 4.78 is 59.6. The second kappa shape index (κ2) is 32.9. The van der Waals surface area contributed by atoms with Crippen molar-refractivity contribution >= 4 is 91.7 Å². The molecule has 7 N–H and O–H groups in total. The first-order valence-electron chi connectivity index (χ1n) is 39.0. The second-order valence-electron chi connectivity index (χ2n) is 31.0.